The van der Waals surface area contributed by atoms with Gasteiger partial charge in [0.1, 0.15) is 4.58 Å². The Bertz CT molecular complexity index is 177. The molecule has 0 amide bonds. The van der Waals surface area contributed by atoms with E-state index in [-0.39, 0.29) is 10.6 Å². The molecule has 0 unspecified atom stereocenters. The van der Waals surface area contributed by atoms with E-state index >= 15 is 0 Å². The van der Waals surface area contributed by atoms with Gasteiger partial charge in [-0.25, -0.2) is 4.79 Å². The van der Waals surface area contributed by atoms with Crippen LogP contribution in [0.2, 0.25) is 0 Å². The van der Waals surface area contributed by atoms with Gasteiger partial charge >= 0.3 is 5.97 Å². The zero-order chi connectivity index (χ0) is 10.4. The summed E-state index contributed by atoms with van der Waals surface area (Å²) in [6.07, 6.45) is 2.18. The number of hydrogen-bond donors (Lipinski definition) is 0. The molecule has 0 atom stereocenters. The summed E-state index contributed by atoms with van der Waals surface area (Å²) in [5.74, 6) is 2.77. The predicted octanol–water partition coefficient (Wildman–Crippen LogP) is 2.77. The summed E-state index contributed by atoms with van der Waals surface area (Å²) >= 11 is 3.44. The van der Waals surface area contributed by atoms with Crippen molar-refractivity contribution in [3.8, 4) is 0 Å². The van der Waals surface area contributed by atoms with E-state index in [0.29, 0.717) is 12.5 Å². The van der Waals surface area contributed by atoms with Crippen molar-refractivity contribution < 1.29 is 9.53 Å². The molecule has 4 heteroatoms. The molecule has 0 aromatic rings. The molecule has 82 valence electrons. The fourth-order valence-corrected chi connectivity index (χ4v) is 3.69. The maximum Gasteiger partial charge on any atom is 0.329 e. The molecular weight excluding hydrogens is 216 g/mol. The number of thioether (sulfide) groups is 2. The Balaban J connectivity index is 2.13. The molecule has 0 aliphatic carbocycles. The van der Waals surface area contributed by atoms with Crippen molar-refractivity contribution in [3.05, 3.63) is 0 Å². The number of carbonyl (C=O) groups excluding carboxylic acids is 1. The SMILES string of the molecule is CC(C)CCOC(=O)C1SCCCS1. The van der Waals surface area contributed by atoms with Crippen molar-refractivity contribution in [2.45, 2.75) is 31.3 Å². The molecule has 0 spiro atoms. The summed E-state index contributed by atoms with van der Waals surface area (Å²) in [5, 5.41) is 0. The Kier molecular flexibility index (Phi) is 5.78. The molecule has 1 rings (SSSR count). The Morgan fingerprint density at radius 3 is 2.64 bits per heavy atom. The van der Waals surface area contributed by atoms with Crippen LogP contribution >= 0.6 is 23.5 Å². The number of rotatable bonds is 4. The van der Waals surface area contributed by atoms with Crippen LogP contribution in [0.15, 0.2) is 0 Å². The van der Waals surface area contributed by atoms with E-state index in [1.165, 1.54) is 6.42 Å². The van der Waals surface area contributed by atoms with Crippen LogP contribution in [0.3, 0.4) is 0 Å². The lowest BCUT2D eigenvalue weighted by molar-refractivity contribution is -0.141. The summed E-state index contributed by atoms with van der Waals surface area (Å²) in [6, 6.07) is 0. The normalized spacial score (nSPS) is 18.5. The van der Waals surface area contributed by atoms with Crippen LogP contribution in [0.4, 0.5) is 0 Å². The first-order chi connectivity index (χ1) is 6.70. The molecule has 14 heavy (non-hydrogen) atoms. The van der Waals surface area contributed by atoms with Crippen LogP contribution in [0.5, 0.6) is 0 Å². The topological polar surface area (TPSA) is 26.3 Å². The highest BCUT2D eigenvalue weighted by molar-refractivity contribution is 8.18. The zero-order valence-electron chi connectivity index (χ0n) is 8.82. The van der Waals surface area contributed by atoms with Crippen LogP contribution in [0.1, 0.15) is 26.7 Å². The first-order valence-corrected chi connectivity index (χ1v) is 7.19. The van der Waals surface area contributed by atoms with Crippen LogP contribution in [0, 0.1) is 5.92 Å². The molecule has 0 N–H and O–H groups in total. The number of esters is 1. The Hall–Kier alpha value is 0.170. The van der Waals surface area contributed by atoms with Gasteiger partial charge < -0.3 is 4.74 Å². The molecule has 1 saturated heterocycles. The quantitative estimate of drug-likeness (QED) is 0.699. The van der Waals surface area contributed by atoms with E-state index in [9.17, 15) is 4.79 Å². The highest BCUT2D eigenvalue weighted by Crippen LogP contribution is 2.31. The van der Waals surface area contributed by atoms with Crippen LogP contribution in [0.25, 0.3) is 0 Å². The lowest BCUT2D eigenvalue weighted by Gasteiger charge is -2.19. The lowest BCUT2D eigenvalue weighted by atomic mass is 10.1. The van der Waals surface area contributed by atoms with Gasteiger partial charge in [-0.1, -0.05) is 13.8 Å². The Morgan fingerprint density at radius 2 is 2.07 bits per heavy atom. The van der Waals surface area contributed by atoms with Gasteiger partial charge in [0.2, 0.25) is 0 Å². The minimum Gasteiger partial charge on any atom is -0.464 e. The molecule has 0 aromatic heterocycles. The smallest absolute Gasteiger partial charge is 0.329 e. The van der Waals surface area contributed by atoms with Gasteiger partial charge in [-0.2, -0.15) is 0 Å². The first-order valence-electron chi connectivity index (χ1n) is 5.10. The molecule has 0 radical (unpaired) electrons. The minimum absolute atomic E-state index is 0.0275. The maximum absolute atomic E-state index is 11.5. The second kappa shape index (κ2) is 6.62. The number of ether oxygens (including phenoxy) is 1. The second-order valence-electron chi connectivity index (χ2n) is 3.78. The van der Waals surface area contributed by atoms with Crippen molar-refractivity contribution in [1.29, 1.82) is 0 Å². The first kappa shape index (κ1) is 12.2. The fourth-order valence-electron chi connectivity index (χ4n) is 1.09. The van der Waals surface area contributed by atoms with Gasteiger partial charge in [0.25, 0.3) is 0 Å². The highest BCUT2D eigenvalue weighted by atomic mass is 32.2. The van der Waals surface area contributed by atoms with Crippen molar-refractivity contribution >= 4 is 29.5 Å². The predicted molar refractivity (Wildman–Crippen MR) is 63.7 cm³/mol. The van der Waals surface area contributed by atoms with E-state index < -0.39 is 0 Å². The van der Waals surface area contributed by atoms with Crippen LogP contribution < -0.4 is 0 Å². The maximum atomic E-state index is 11.5. The van der Waals surface area contributed by atoms with Gasteiger partial charge in [0.05, 0.1) is 6.61 Å². The monoisotopic (exact) mass is 234 g/mol. The van der Waals surface area contributed by atoms with E-state index in [0.717, 1.165) is 17.9 Å². The molecule has 0 bridgehead atoms. The molecule has 0 saturated carbocycles. The summed E-state index contributed by atoms with van der Waals surface area (Å²) in [4.78, 5) is 11.5. The van der Waals surface area contributed by atoms with Gasteiger partial charge in [-0.3, -0.25) is 0 Å². The average Bonchev–Trinajstić information content (AvgIpc) is 2.18. The van der Waals surface area contributed by atoms with E-state index in [4.69, 9.17) is 4.74 Å². The van der Waals surface area contributed by atoms with Crippen molar-refractivity contribution in [2.75, 3.05) is 18.1 Å². The molecule has 1 aliphatic rings. The Labute approximate surface area is 94.5 Å². The van der Waals surface area contributed by atoms with Crippen LogP contribution in [-0.4, -0.2) is 28.7 Å². The van der Waals surface area contributed by atoms with E-state index in [1.54, 1.807) is 23.5 Å². The fraction of sp³-hybridized carbons (Fsp3) is 0.900. The summed E-state index contributed by atoms with van der Waals surface area (Å²) in [6.45, 7) is 4.85. The van der Waals surface area contributed by atoms with Gasteiger partial charge in [0, 0.05) is 0 Å². The summed E-state index contributed by atoms with van der Waals surface area (Å²) < 4.78 is 5.25. The minimum atomic E-state index is -0.0275. The van der Waals surface area contributed by atoms with Crippen molar-refractivity contribution in [2.24, 2.45) is 5.92 Å². The summed E-state index contributed by atoms with van der Waals surface area (Å²) in [5.41, 5.74) is 0. The van der Waals surface area contributed by atoms with Gasteiger partial charge in [-0.15, -0.1) is 23.5 Å². The van der Waals surface area contributed by atoms with E-state index in [1.807, 2.05) is 0 Å². The second-order valence-corrected chi connectivity index (χ2v) is 6.50. The van der Waals surface area contributed by atoms with E-state index in [2.05, 4.69) is 13.8 Å². The van der Waals surface area contributed by atoms with Crippen LogP contribution in [-0.2, 0) is 9.53 Å². The molecule has 0 aromatic carbocycles. The average molecular weight is 234 g/mol. The van der Waals surface area contributed by atoms with Gasteiger partial charge in [0.15, 0.2) is 0 Å². The molecule has 2 nitrogen and oxygen atoms in total. The largest absolute Gasteiger partial charge is 0.464 e. The highest BCUT2D eigenvalue weighted by Gasteiger charge is 2.23. The van der Waals surface area contributed by atoms with Crippen molar-refractivity contribution in [1.82, 2.24) is 0 Å². The third kappa shape index (κ3) is 4.60. The lowest BCUT2D eigenvalue weighted by Crippen LogP contribution is -2.21. The molecular formula is C10H18O2S2. The summed E-state index contributed by atoms with van der Waals surface area (Å²) in [7, 11) is 0. The third-order valence-electron chi connectivity index (χ3n) is 1.96. The number of carbonyl (C=O) groups is 1. The standard InChI is InChI=1S/C10H18O2S2/c1-8(2)4-5-12-9(11)10-13-6-3-7-14-10/h8,10H,3-7H2,1-2H3. The number of hydrogen-bond acceptors (Lipinski definition) is 4. The van der Waals surface area contributed by atoms with Crippen molar-refractivity contribution in [3.63, 3.8) is 0 Å². The molecule has 1 fully saturated rings. The molecule has 1 aliphatic heterocycles. The van der Waals surface area contributed by atoms with Gasteiger partial charge in [-0.05, 0) is 30.3 Å². The Morgan fingerprint density at radius 1 is 1.43 bits per heavy atom. The third-order valence-corrected chi connectivity index (χ3v) is 4.81. The molecule has 1 heterocycles. The zero-order valence-corrected chi connectivity index (χ0v) is 10.5.